The molecule has 0 aromatic heterocycles. The summed E-state index contributed by atoms with van der Waals surface area (Å²) in [4.78, 5) is 4.36. The van der Waals surface area contributed by atoms with E-state index in [0.717, 1.165) is 31.6 Å². The average molecular weight is 247 g/mol. The van der Waals surface area contributed by atoms with Crippen LogP contribution in [0, 0.1) is 17.1 Å². The van der Waals surface area contributed by atoms with Gasteiger partial charge >= 0.3 is 0 Å². The maximum absolute atomic E-state index is 12.9. The van der Waals surface area contributed by atoms with Crippen LogP contribution in [0.2, 0.25) is 0 Å². The normalized spacial score (nSPS) is 19.9. The van der Waals surface area contributed by atoms with Crippen LogP contribution in [0.15, 0.2) is 24.3 Å². The molecule has 1 atom stereocenters. The standard InChI is InChI=1S/C14H18FN3/c1-17(10-8-16)14-3-2-9-18(11-14)13-6-4-12(15)5-7-13/h4-7,14H,2-3,9-11H2,1H3. The van der Waals surface area contributed by atoms with Crippen LogP contribution < -0.4 is 4.90 Å². The second-order valence-corrected chi connectivity index (χ2v) is 4.79. The molecule has 18 heavy (non-hydrogen) atoms. The van der Waals surface area contributed by atoms with Crippen LogP contribution in [0.25, 0.3) is 0 Å². The molecule has 0 radical (unpaired) electrons. The highest BCUT2D eigenvalue weighted by atomic mass is 19.1. The highest BCUT2D eigenvalue weighted by molar-refractivity contribution is 5.46. The third-order valence-corrected chi connectivity index (χ3v) is 3.53. The summed E-state index contributed by atoms with van der Waals surface area (Å²) in [5.41, 5.74) is 1.06. The van der Waals surface area contributed by atoms with Crippen LogP contribution in [0.5, 0.6) is 0 Å². The Kier molecular flexibility index (Phi) is 4.16. The Morgan fingerprint density at radius 2 is 2.17 bits per heavy atom. The van der Waals surface area contributed by atoms with Crippen LogP contribution in [-0.4, -0.2) is 37.6 Å². The minimum atomic E-state index is -0.200. The Bertz CT molecular complexity index is 424. The van der Waals surface area contributed by atoms with Gasteiger partial charge in [0.1, 0.15) is 5.82 Å². The number of anilines is 1. The van der Waals surface area contributed by atoms with Crippen molar-refractivity contribution >= 4 is 5.69 Å². The van der Waals surface area contributed by atoms with Crippen LogP contribution in [0.3, 0.4) is 0 Å². The van der Waals surface area contributed by atoms with Gasteiger partial charge in [-0.2, -0.15) is 5.26 Å². The topological polar surface area (TPSA) is 30.3 Å². The summed E-state index contributed by atoms with van der Waals surface area (Å²) >= 11 is 0. The third-order valence-electron chi connectivity index (χ3n) is 3.53. The fraction of sp³-hybridized carbons (Fsp3) is 0.500. The van der Waals surface area contributed by atoms with Crippen LogP contribution in [0.4, 0.5) is 10.1 Å². The SMILES string of the molecule is CN(CC#N)C1CCCN(c2ccc(F)cc2)C1. The van der Waals surface area contributed by atoms with E-state index in [2.05, 4.69) is 15.9 Å². The van der Waals surface area contributed by atoms with Crippen LogP contribution in [0.1, 0.15) is 12.8 Å². The van der Waals surface area contributed by atoms with E-state index in [1.807, 2.05) is 19.2 Å². The molecule has 0 aliphatic carbocycles. The molecule has 2 rings (SSSR count). The quantitative estimate of drug-likeness (QED) is 0.767. The molecule has 1 aliphatic rings. The highest BCUT2D eigenvalue weighted by Crippen LogP contribution is 2.22. The van der Waals surface area contributed by atoms with Gasteiger partial charge in [-0.15, -0.1) is 0 Å². The molecular formula is C14H18FN3. The van der Waals surface area contributed by atoms with E-state index in [0.29, 0.717) is 12.6 Å². The zero-order valence-corrected chi connectivity index (χ0v) is 10.6. The maximum atomic E-state index is 12.9. The van der Waals surface area contributed by atoms with Crippen LogP contribution >= 0.6 is 0 Å². The first kappa shape index (κ1) is 12.8. The summed E-state index contributed by atoms with van der Waals surface area (Å²) in [5, 5.41) is 8.73. The van der Waals surface area contributed by atoms with Crippen molar-refractivity contribution in [3.8, 4) is 6.07 Å². The number of hydrogen-bond donors (Lipinski definition) is 0. The Balaban J connectivity index is 2.02. The van der Waals surface area contributed by atoms with Gasteiger partial charge in [0.25, 0.3) is 0 Å². The van der Waals surface area contributed by atoms with E-state index in [-0.39, 0.29) is 5.82 Å². The monoisotopic (exact) mass is 247 g/mol. The first-order valence-corrected chi connectivity index (χ1v) is 6.28. The van der Waals surface area contributed by atoms with E-state index >= 15 is 0 Å². The Hall–Kier alpha value is -1.60. The molecule has 1 saturated heterocycles. The summed E-state index contributed by atoms with van der Waals surface area (Å²) < 4.78 is 12.9. The van der Waals surface area contributed by atoms with E-state index < -0.39 is 0 Å². The second kappa shape index (κ2) is 5.83. The lowest BCUT2D eigenvalue weighted by atomic mass is 10.0. The molecule has 0 amide bonds. The van der Waals surface area contributed by atoms with E-state index in [1.54, 1.807) is 0 Å². The first-order chi connectivity index (χ1) is 8.70. The molecule has 4 heteroatoms. The molecule has 1 unspecified atom stereocenters. The molecule has 0 bridgehead atoms. The lowest BCUT2D eigenvalue weighted by molar-refractivity contribution is 0.238. The van der Waals surface area contributed by atoms with Gasteiger partial charge in [0.15, 0.2) is 0 Å². The molecular weight excluding hydrogens is 229 g/mol. The van der Waals surface area contributed by atoms with Gasteiger partial charge in [-0.05, 0) is 44.2 Å². The lowest BCUT2D eigenvalue weighted by Crippen LogP contribution is -2.46. The van der Waals surface area contributed by atoms with Gasteiger partial charge in [0.05, 0.1) is 12.6 Å². The molecule has 1 heterocycles. The zero-order valence-electron chi connectivity index (χ0n) is 10.6. The van der Waals surface area contributed by atoms with E-state index in [9.17, 15) is 4.39 Å². The molecule has 1 fully saturated rings. The minimum Gasteiger partial charge on any atom is -0.370 e. The summed E-state index contributed by atoms with van der Waals surface area (Å²) in [6.45, 7) is 2.37. The third kappa shape index (κ3) is 2.99. The molecule has 0 saturated carbocycles. The summed E-state index contributed by atoms with van der Waals surface area (Å²) in [6, 6.07) is 9.23. The minimum absolute atomic E-state index is 0.200. The van der Waals surface area contributed by atoms with Gasteiger partial charge in [-0.25, -0.2) is 4.39 Å². The second-order valence-electron chi connectivity index (χ2n) is 4.79. The molecule has 1 aromatic rings. The number of rotatable bonds is 3. The summed E-state index contributed by atoms with van der Waals surface area (Å²) in [7, 11) is 1.99. The Labute approximate surface area is 107 Å². The van der Waals surface area contributed by atoms with Gasteiger partial charge < -0.3 is 4.90 Å². The fourth-order valence-electron chi connectivity index (χ4n) is 2.44. The Morgan fingerprint density at radius 3 is 2.83 bits per heavy atom. The predicted molar refractivity (Wildman–Crippen MR) is 69.9 cm³/mol. The first-order valence-electron chi connectivity index (χ1n) is 6.28. The van der Waals surface area contributed by atoms with Crippen molar-refractivity contribution in [1.82, 2.24) is 4.90 Å². The summed E-state index contributed by atoms with van der Waals surface area (Å²) in [5.74, 6) is -0.200. The maximum Gasteiger partial charge on any atom is 0.123 e. The zero-order chi connectivity index (χ0) is 13.0. The van der Waals surface area contributed by atoms with Crippen molar-refractivity contribution in [2.75, 3.05) is 31.6 Å². The number of nitriles is 1. The number of nitrogens with zero attached hydrogens (tertiary/aromatic N) is 3. The largest absolute Gasteiger partial charge is 0.370 e. The van der Waals surface area contributed by atoms with Gasteiger partial charge in [0, 0.05) is 24.8 Å². The Morgan fingerprint density at radius 1 is 1.44 bits per heavy atom. The number of hydrogen-bond acceptors (Lipinski definition) is 3. The number of likely N-dealkylation sites (N-methyl/N-ethyl adjacent to an activating group) is 1. The van der Waals surface area contributed by atoms with Crippen molar-refractivity contribution in [2.24, 2.45) is 0 Å². The molecule has 96 valence electrons. The van der Waals surface area contributed by atoms with Crippen LogP contribution in [-0.2, 0) is 0 Å². The van der Waals surface area contributed by atoms with Crippen molar-refractivity contribution in [3.63, 3.8) is 0 Å². The van der Waals surface area contributed by atoms with Crippen molar-refractivity contribution in [1.29, 1.82) is 5.26 Å². The molecule has 1 aromatic carbocycles. The molecule has 0 spiro atoms. The number of piperidine rings is 1. The summed E-state index contributed by atoms with van der Waals surface area (Å²) in [6.07, 6.45) is 2.23. The molecule has 1 aliphatic heterocycles. The lowest BCUT2D eigenvalue weighted by Gasteiger charge is -2.38. The highest BCUT2D eigenvalue weighted by Gasteiger charge is 2.23. The smallest absolute Gasteiger partial charge is 0.123 e. The van der Waals surface area contributed by atoms with Crippen molar-refractivity contribution in [3.05, 3.63) is 30.1 Å². The predicted octanol–water partition coefficient (Wildman–Crippen LogP) is 2.25. The number of halogens is 1. The van der Waals surface area contributed by atoms with Crippen molar-refractivity contribution < 1.29 is 4.39 Å². The molecule has 0 N–H and O–H groups in total. The average Bonchev–Trinajstić information content (AvgIpc) is 2.40. The molecule has 3 nitrogen and oxygen atoms in total. The van der Waals surface area contributed by atoms with Gasteiger partial charge in [0.2, 0.25) is 0 Å². The van der Waals surface area contributed by atoms with E-state index in [1.165, 1.54) is 12.1 Å². The van der Waals surface area contributed by atoms with E-state index in [4.69, 9.17) is 5.26 Å². The van der Waals surface area contributed by atoms with Gasteiger partial charge in [-0.3, -0.25) is 4.90 Å². The number of benzene rings is 1. The van der Waals surface area contributed by atoms with Gasteiger partial charge in [-0.1, -0.05) is 0 Å². The fourth-order valence-corrected chi connectivity index (χ4v) is 2.44. The van der Waals surface area contributed by atoms with Crippen molar-refractivity contribution in [2.45, 2.75) is 18.9 Å².